The summed E-state index contributed by atoms with van der Waals surface area (Å²) in [6.07, 6.45) is 2.49. The van der Waals surface area contributed by atoms with Gasteiger partial charge in [-0.05, 0) is 18.6 Å². The van der Waals surface area contributed by atoms with E-state index in [1.807, 2.05) is 6.92 Å². The maximum atomic E-state index is 11.7. The predicted octanol–water partition coefficient (Wildman–Crippen LogP) is 0.330. The van der Waals surface area contributed by atoms with E-state index in [0.29, 0.717) is 12.8 Å². The first kappa shape index (κ1) is 13.2. The van der Waals surface area contributed by atoms with Crippen LogP contribution in [0.3, 0.4) is 0 Å². The van der Waals surface area contributed by atoms with Crippen molar-refractivity contribution >= 4 is 11.8 Å². The molecule has 1 atom stereocenters. The summed E-state index contributed by atoms with van der Waals surface area (Å²) in [7, 11) is 0. The Bertz CT molecular complexity index is 381. The van der Waals surface area contributed by atoms with Gasteiger partial charge in [0.1, 0.15) is 18.3 Å². The summed E-state index contributed by atoms with van der Waals surface area (Å²) in [6.45, 7) is 1.74. The SMILES string of the molecule is CCCC(=O)OCC(N)C(=O)c1cccnn1. The number of aromatic nitrogens is 2. The molecule has 92 valence electrons. The van der Waals surface area contributed by atoms with Crippen LogP contribution < -0.4 is 5.73 Å². The fourth-order valence-electron chi connectivity index (χ4n) is 1.16. The molecular weight excluding hydrogens is 222 g/mol. The Hall–Kier alpha value is -1.82. The summed E-state index contributed by atoms with van der Waals surface area (Å²) in [5.74, 6) is -0.739. The smallest absolute Gasteiger partial charge is 0.305 e. The number of esters is 1. The van der Waals surface area contributed by atoms with Gasteiger partial charge in [-0.3, -0.25) is 9.59 Å². The Morgan fingerprint density at radius 2 is 2.29 bits per heavy atom. The fourth-order valence-corrected chi connectivity index (χ4v) is 1.16. The lowest BCUT2D eigenvalue weighted by molar-refractivity contribution is -0.143. The normalized spacial score (nSPS) is 11.9. The third-order valence-electron chi connectivity index (χ3n) is 2.04. The molecule has 17 heavy (non-hydrogen) atoms. The van der Waals surface area contributed by atoms with E-state index in [4.69, 9.17) is 10.5 Å². The predicted molar refractivity (Wildman–Crippen MR) is 60.2 cm³/mol. The molecule has 1 unspecified atom stereocenters. The molecule has 1 aromatic heterocycles. The number of ether oxygens (including phenoxy) is 1. The average molecular weight is 237 g/mol. The van der Waals surface area contributed by atoms with Crippen molar-refractivity contribution in [3.63, 3.8) is 0 Å². The molecule has 1 heterocycles. The van der Waals surface area contributed by atoms with E-state index < -0.39 is 6.04 Å². The maximum Gasteiger partial charge on any atom is 0.305 e. The molecular formula is C11H15N3O3. The molecule has 0 spiro atoms. The summed E-state index contributed by atoms with van der Waals surface area (Å²) >= 11 is 0. The van der Waals surface area contributed by atoms with Crippen LogP contribution in [-0.2, 0) is 9.53 Å². The van der Waals surface area contributed by atoms with E-state index in [-0.39, 0.29) is 24.1 Å². The van der Waals surface area contributed by atoms with Crippen LogP contribution in [0.15, 0.2) is 18.3 Å². The van der Waals surface area contributed by atoms with Crippen LogP contribution in [-0.4, -0.2) is 34.6 Å². The topological polar surface area (TPSA) is 95.2 Å². The molecule has 0 amide bonds. The second kappa shape index (κ2) is 6.70. The number of ketones is 1. The van der Waals surface area contributed by atoms with Gasteiger partial charge in [0.25, 0.3) is 0 Å². The minimum absolute atomic E-state index is 0.131. The summed E-state index contributed by atoms with van der Waals surface area (Å²) in [5, 5.41) is 7.22. The molecule has 6 heteroatoms. The van der Waals surface area contributed by atoms with Crippen molar-refractivity contribution in [2.45, 2.75) is 25.8 Å². The Kier molecular flexibility index (Phi) is 5.22. The first-order valence-electron chi connectivity index (χ1n) is 5.38. The van der Waals surface area contributed by atoms with Crippen molar-refractivity contribution in [1.82, 2.24) is 10.2 Å². The highest BCUT2D eigenvalue weighted by atomic mass is 16.5. The number of Topliss-reactive ketones (excluding diaryl/α,β-unsaturated/α-hetero) is 1. The summed E-state index contributed by atoms with van der Waals surface area (Å²) in [4.78, 5) is 22.8. The largest absolute Gasteiger partial charge is 0.464 e. The van der Waals surface area contributed by atoms with Gasteiger partial charge in [0, 0.05) is 12.6 Å². The number of nitrogens with zero attached hydrogens (tertiary/aromatic N) is 2. The van der Waals surface area contributed by atoms with Crippen molar-refractivity contribution in [1.29, 1.82) is 0 Å². The van der Waals surface area contributed by atoms with Gasteiger partial charge >= 0.3 is 5.97 Å². The van der Waals surface area contributed by atoms with Gasteiger partial charge in [-0.2, -0.15) is 5.10 Å². The number of rotatable bonds is 6. The van der Waals surface area contributed by atoms with Crippen LogP contribution in [0, 0.1) is 0 Å². The molecule has 1 aromatic rings. The van der Waals surface area contributed by atoms with E-state index in [2.05, 4.69) is 10.2 Å². The zero-order chi connectivity index (χ0) is 12.7. The third-order valence-corrected chi connectivity index (χ3v) is 2.04. The van der Waals surface area contributed by atoms with Gasteiger partial charge in [-0.25, -0.2) is 0 Å². The van der Waals surface area contributed by atoms with Crippen LogP contribution >= 0.6 is 0 Å². The molecule has 0 aromatic carbocycles. The van der Waals surface area contributed by atoms with Crippen molar-refractivity contribution in [2.75, 3.05) is 6.61 Å². The molecule has 0 fully saturated rings. The van der Waals surface area contributed by atoms with E-state index in [9.17, 15) is 9.59 Å². The summed E-state index contributed by atoms with van der Waals surface area (Å²) in [6, 6.07) is 2.21. The molecule has 6 nitrogen and oxygen atoms in total. The number of hydrogen-bond acceptors (Lipinski definition) is 6. The number of carbonyl (C=O) groups excluding carboxylic acids is 2. The fraction of sp³-hybridized carbons (Fsp3) is 0.455. The van der Waals surface area contributed by atoms with Crippen LogP contribution in [0.1, 0.15) is 30.3 Å². The summed E-state index contributed by atoms with van der Waals surface area (Å²) < 4.78 is 4.85. The Labute approximate surface area is 99.2 Å². The van der Waals surface area contributed by atoms with Crippen molar-refractivity contribution < 1.29 is 14.3 Å². The van der Waals surface area contributed by atoms with Crippen LogP contribution in [0.2, 0.25) is 0 Å². The molecule has 1 rings (SSSR count). The summed E-state index contributed by atoms with van der Waals surface area (Å²) in [5.41, 5.74) is 5.77. The molecule has 0 bridgehead atoms. The zero-order valence-corrected chi connectivity index (χ0v) is 9.63. The molecule has 0 saturated carbocycles. The molecule has 0 radical (unpaired) electrons. The average Bonchev–Trinajstić information content (AvgIpc) is 2.36. The monoisotopic (exact) mass is 237 g/mol. The van der Waals surface area contributed by atoms with E-state index in [1.165, 1.54) is 12.3 Å². The molecule has 0 aliphatic rings. The lowest BCUT2D eigenvalue weighted by Crippen LogP contribution is -2.36. The minimum Gasteiger partial charge on any atom is -0.464 e. The Morgan fingerprint density at radius 3 is 2.88 bits per heavy atom. The quantitative estimate of drug-likeness (QED) is 0.566. The lowest BCUT2D eigenvalue weighted by atomic mass is 10.1. The standard InChI is InChI=1S/C11H15N3O3/c1-2-4-10(15)17-7-8(12)11(16)9-5-3-6-13-14-9/h3,5-6,8H,2,4,7,12H2,1H3. The highest BCUT2D eigenvalue weighted by molar-refractivity contribution is 5.98. The highest BCUT2D eigenvalue weighted by Gasteiger charge is 2.18. The van der Waals surface area contributed by atoms with Gasteiger partial charge in [-0.1, -0.05) is 6.92 Å². The van der Waals surface area contributed by atoms with E-state index >= 15 is 0 Å². The second-order valence-corrected chi connectivity index (χ2v) is 3.51. The number of hydrogen-bond donors (Lipinski definition) is 1. The van der Waals surface area contributed by atoms with Gasteiger partial charge < -0.3 is 10.5 Å². The van der Waals surface area contributed by atoms with Gasteiger partial charge in [-0.15, -0.1) is 5.10 Å². The van der Waals surface area contributed by atoms with E-state index in [1.54, 1.807) is 6.07 Å². The van der Waals surface area contributed by atoms with Crippen LogP contribution in [0.4, 0.5) is 0 Å². The first-order chi connectivity index (χ1) is 8.15. The molecule has 2 N–H and O–H groups in total. The lowest BCUT2D eigenvalue weighted by Gasteiger charge is -2.10. The van der Waals surface area contributed by atoms with E-state index in [0.717, 1.165) is 0 Å². The number of nitrogens with two attached hydrogens (primary N) is 1. The van der Waals surface area contributed by atoms with Crippen LogP contribution in [0.5, 0.6) is 0 Å². The van der Waals surface area contributed by atoms with Gasteiger partial charge in [0.2, 0.25) is 5.78 Å². The molecule has 0 saturated heterocycles. The van der Waals surface area contributed by atoms with Crippen molar-refractivity contribution in [3.05, 3.63) is 24.0 Å². The molecule has 0 aliphatic carbocycles. The maximum absolute atomic E-state index is 11.7. The minimum atomic E-state index is -0.896. The second-order valence-electron chi connectivity index (χ2n) is 3.51. The molecule has 0 aliphatic heterocycles. The Balaban J connectivity index is 2.45. The van der Waals surface area contributed by atoms with Crippen molar-refractivity contribution in [2.24, 2.45) is 5.73 Å². The van der Waals surface area contributed by atoms with Crippen molar-refractivity contribution in [3.8, 4) is 0 Å². The highest BCUT2D eigenvalue weighted by Crippen LogP contribution is 1.99. The van der Waals surface area contributed by atoms with Crippen LogP contribution in [0.25, 0.3) is 0 Å². The number of carbonyl (C=O) groups is 2. The Morgan fingerprint density at radius 1 is 1.53 bits per heavy atom. The van der Waals surface area contributed by atoms with Gasteiger partial charge in [0.15, 0.2) is 0 Å². The first-order valence-corrected chi connectivity index (χ1v) is 5.38. The third kappa shape index (κ3) is 4.28. The van der Waals surface area contributed by atoms with Gasteiger partial charge in [0.05, 0.1) is 0 Å². The zero-order valence-electron chi connectivity index (χ0n) is 9.63.